The molecule has 1 aromatic heterocycles. The molecule has 0 aliphatic heterocycles. The minimum atomic E-state index is 0.703. The average Bonchev–Trinajstić information content (AvgIpc) is 3.38. The van der Waals surface area contributed by atoms with E-state index in [1.54, 1.807) is 0 Å². The zero-order chi connectivity index (χ0) is 27.9. The quantitative estimate of drug-likeness (QED) is 0.127. The molecule has 1 aliphatic rings. The highest BCUT2D eigenvalue weighted by molar-refractivity contribution is 6.32. The van der Waals surface area contributed by atoms with Crippen LogP contribution in [0.2, 0.25) is 0 Å². The molecule has 0 spiro atoms. The molecule has 8 aromatic rings. The molecule has 0 saturated carbocycles. The van der Waals surface area contributed by atoms with E-state index < -0.39 is 0 Å². The first kappa shape index (κ1) is 23.3. The van der Waals surface area contributed by atoms with Crippen molar-refractivity contribution < 1.29 is 4.74 Å². The summed E-state index contributed by atoms with van der Waals surface area (Å²) in [6, 6.07) is 40.1. The van der Waals surface area contributed by atoms with Crippen molar-refractivity contribution in [3.63, 3.8) is 0 Å². The van der Waals surface area contributed by atoms with Gasteiger partial charge >= 0.3 is 0 Å². The molecule has 0 unspecified atom stereocenters. The molecule has 7 aromatic carbocycles. The summed E-state index contributed by atoms with van der Waals surface area (Å²) in [4.78, 5) is 5.20. The van der Waals surface area contributed by atoms with Crippen LogP contribution in [0.15, 0.2) is 128 Å². The summed E-state index contributed by atoms with van der Waals surface area (Å²) >= 11 is 0. The maximum Gasteiger partial charge on any atom is 0.147 e. The molecular weight excluding hydrogens is 510 g/mol. The van der Waals surface area contributed by atoms with E-state index in [0.29, 0.717) is 5.76 Å². The summed E-state index contributed by atoms with van der Waals surface area (Å²) in [5, 5.41) is 12.8. The van der Waals surface area contributed by atoms with Crippen LogP contribution in [-0.2, 0) is 4.74 Å². The van der Waals surface area contributed by atoms with Gasteiger partial charge in [0, 0.05) is 16.5 Å². The van der Waals surface area contributed by atoms with Gasteiger partial charge in [-0.3, -0.25) is 0 Å². The second-order valence-electron chi connectivity index (χ2n) is 11.0. The summed E-state index contributed by atoms with van der Waals surface area (Å²) in [5.74, 6) is 0.703. The van der Waals surface area contributed by atoms with Gasteiger partial charge in [0.25, 0.3) is 0 Å². The fourth-order valence-electron chi connectivity index (χ4n) is 7.31. The van der Waals surface area contributed by atoms with Gasteiger partial charge in [0.1, 0.15) is 11.5 Å². The monoisotopic (exact) mass is 535 g/mol. The summed E-state index contributed by atoms with van der Waals surface area (Å²) in [6.07, 6.45) is 3.39. The number of rotatable bonds is 4. The van der Waals surface area contributed by atoms with Crippen molar-refractivity contribution in [1.29, 1.82) is 0 Å². The first-order valence-electron chi connectivity index (χ1n) is 14.4. The van der Waals surface area contributed by atoms with E-state index in [-0.39, 0.29) is 0 Å². The predicted molar refractivity (Wildman–Crippen MR) is 178 cm³/mol. The van der Waals surface area contributed by atoms with E-state index in [9.17, 15) is 0 Å². The van der Waals surface area contributed by atoms with Crippen molar-refractivity contribution >= 4 is 59.6 Å². The third-order valence-corrected chi connectivity index (χ3v) is 8.99. The molecule has 1 aliphatic carbocycles. The molecule has 9 rings (SSSR count). The SMILES string of the molecule is C=CO/C(=C\C)c1ccc2c(n1)-c1c3ccccc3c(-c3ccc4ccc5cccc6ccc3c4c56)c3cccc-2c13. The number of benzene rings is 7. The van der Waals surface area contributed by atoms with Gasteiger partial charge in [0.15, 0.2) is 0 Å². The normalized spacial score (nSPS) is 12.6. The summed E-state index contributed by atoms with van der Waals surface area (Å²) in [6.45, 7) is 5.71. The highest BCUT2D eigenvalue weighted by atomic mass is 16.5. The van der Waals surface area contributed by atoms with Gasteiger partial charge in [-0.15, -0.1) is 0 Å². The number of nitrogens with zero attached hydrogens (tertiary/aromatic N) is 1. The van der Waals surface area contributed by atoms with E-state index in [0.717, 1.165) is 17.0 Å². The smallest absolute Gasteiger partial charge is 0.147 e. The predicted octanol–water partition coefficient (Wildman–Crippen LogP) is 11.1. The standard InChI is InChI=1S/C40H25NO/c1-3-34(42-4-2)33-22-21-31-28-13-8-14-32-37(26-11-5-6-12-27(26)39(38(28)32)40(31)41-33)30-20-18-25-16-15-23-9-7-10-24-17-19-29(30)36(25)35(23)24/h3-22H,2H2,1H3/b34-3-. The van der Waals surface area contributed by atoms with Crippen LogP contribution in [0.3, 0.4) is 0 Å². The molecule has 196 valence electrons. The van der Waals surface area contributed by atoms with Crippen molar-refractivity contribution in [1.82, 2.24) is 4.98 Å². The Bertz CT molecular complexity index is 2450. The van der Waals surface area contributed by atoms with Crippen LogP contribution >= 0.6 is 0 Å². The highest BCUT2D eigenvalue weighted by Gasteiger charge is 2.28. The van der Waals surface area contributed by atoms with E-state index in [1.807, 2.05) is 19.1 Å². The minimum Gasteiger partial charge on any atom is -0.464 e. The van der Waals surface area contributed by atoms with Crippen LogP contribution in [0.4, 0.5) is 0 Å². The average molecular weight is 536 g/mol. The maximum atomic E-state index is 5.70. The molecule has 0 fully saturated rings. The first-order valence-corrected chi connectivity index (χ1v) is 14.4. The number of fused-ring (bicyclic) bond motifs is 5. The van der Waals surface area contributed by atoms with Crippen LogP contribution in [0.25, 0.3) is 93.1 Å². The molecule has 0 atom stereocenters. The van der Waals surface area contributed by atoms with Gasteiger partial charge in [-0.1, -0.05) is 104 Å². The molecular formula is C40H25NO. The maximum absolute atomic E-state index is 5.70. The van der Waals surface area contributed by atoms with Crippen LogP contribution in [-0.4, -0.2) is 4.98 Å². The van der Waals surface area contributed by atoms with Gasteiger partial charge in [-0.25, -0.2) is 4.98 Å². The van der Waals surface area contributed by atoms with Crippen LogP contribution < -0.4 is 0 Å². The van der Waals surface area contributed by atoms with E-state index in [1.165, 1.54) is 82.4 Å². The zero-order valence-corrected chi connectivity index (χ0v) is 23.1. The second kappa shape index (κ2) is 8.52. The Hall–Kier alpha value is -5.47. The van der Waals surface area contributed by atoms with E-state index in [2.05, 4.69) is 110 Å². The molecule has 0 N–H and O–H groups in total. The van der Waals surface area contributed by atoms with Gasteiger partial charge in [0.05, 0.1) is 12.0 Å². The lowest BCUT2D eigenvalue weighted by atomic mass is 9.84. The van der Waals surface area contributed by atoms with Crippen molar-refractivity contribution in [3.05, 3.63) is 134 Å². The van der Waals surface area contributed by atoms with Crippen molar-refractivity contribution in [2.45, 2.75) is 6.92 Å². The summed E-state index contributed by atoms with van der Waals surface area (Å²) < 4.78 is 5.70. The Balaban J connectivity index is 1.42. The van der Waals surface area contributed by atoms with Crippen LogP contribution in [0, 0.1) is 0 Å². The Morgan fingerprint density at radius 2 is 1.24 bits per heavy atom. The fourth-order valence-corrected chi connectivity index (χ4v) is 7.31. The molecule has 0 saturated heterocycles. The van der Waals surface area contributed by atoms with Gasteiger partial charge in [-0.2, -0.15) is 0 Å². The second-order valence-corrected chi connectivity index (χ2v) is 11.0. The fraction of sp³-hybridized carbons (Fsp3) is 0.0250. The molecule has 0 radical (unpaired) electrons. The molecule has 2 nitrogen and oxygen atoms in total. The zero-order valence-electron chi connectivity index (χ0n) is 23.1. The number of aromatic nitrogens is 1. The Kier molecular flexibility index (Phi) is 4.72. The lowest BCUT2D eigenvalue weighted by molar-refractivity contribution is 0.435. The Morgan fingerprint density at radius 1 is 0.571 bits per heavy atom. The van der Waals surface area contributed by atoms with E-state index in [4.69, 9.17) is 9.72 Å². The molecule has 0 bridgehead atoms. The topological polar surface area (TPSA) is 22.1 Å². The van der Waals surface area contributed by atoms with Gasteiger partial charge < -0.3 is 4.74 Å². The summed E-state index contributed by atoms with van der Waals surface area (Å²) in [5.41, 5.74) is 7.94. The lowest BCUT2D eigenvalue weighted by Crippen LogP contribution is -1.94. The molecule has 2 heteroatoms. The molecule has 0 amide bonds. The third kappa shape index (κ3) is 2.96. The van der Waals surface area contributed by atoms with Gasteiger partial charge in [-0.05, 0) is 90.3 Å². The number of allylic oxidation sites excluding steroid dienone is 1. The number of pyridine rings is 1. The number of ether oxygens (including phenoxy) is 1. The summed E-state index contributed by atoms with van der Waals surface area (Å²) in [7, 11) is 0. The largest absolute Gasteiger partial charge is 0.464 e. The molecule has 1 heterocycles. The van der Waals surface area contributed by atoms with E-state index >= 15 is 0 Å². The van der Waals surface area contributed by atoms with Crippen molar-refractivity contribution in [3.8, 4) is 33.5 Å². The van der Waals surface area contributed by atoms with Crippen LogP contribution in [0.5, 0.6) is 0 Å². The Morgan fingerprint density at radius 3 is 2.02 bits per heavy atom. The van der Waals surface area contributed by atoms with Crippen LogP contribution in [0.1, 0.15) is 12.6 Å². The third-order valence-electron chi connectivity index (χ3n) is 8.99. The van der Waals surface area contributed by atoms with Crippen molar-refractivity contribution in [2.24, 2.45) is 0 Å². The van der Waals surface area contributed by atoms with Crippen molar-refractivity contribution in [2.75, 3.05) is 0 Å². The first-order chi connectivity index (χ1) is 20.8. The lowest BCUT2D eigenvalue weighted by Gasteiger charge is -2.18. The highest BCUT2D eigenvalue weighted by Crippen LogP contribution is 2.54. The molecule has 42 heavy (non-hydrogen) atoms. The van der Waals surface area contributed by atoms with Gasteiger partial charge in [0.2, 0.25) is 0 Å². The minimum absolute atomic E-state index is 0.703. The number of hydrogen-bond acceptors (Lipinski definition) is 2. The number of hydrogen-bond donors (Lipinski definition) is 0. The Labute approximate surface area is 243 Å².